The van der Waals surface area contributed by atoms with Crippen molar-refractivity contribution in [3.05, 3.63) is 59.2 Å². The third-order valence-electron chi connectivity index (χ3n) is 3.66. The predicted molar refractivity (Wildman–Crippen MR) is 82.3 cm³/mol. The molecular weight excluding hydrogens is 246 g/mol. The van der Waals surface area contributed by atoms with Crippen molar-refractivity contribution in [1.82, 2.24) is 5.32 Å². The van der Waals surface area contributed by atoms with Gasteiger partial charge in [-0.1, -0.05) is 29.8 Å². The molecule has 2 heteroatoms. The third kappa shape index (κ3) is 3.40. The van der Waals surface area contributed by atoms with Gasteiger partial charge in [0.2, 0.25) is 0 Å². The molecule has 0 saturated heterocycles. The Balaban J connectivity index is 1.68. The molecule has 2 nitrogen and oxygen atoms in total. The highest BCUT2D eigenvalue weighted by Crippen LogP contribution is 2.26. The Morgan fingerprint density at radius 3 is 2.45 bits per heavy atom. The molecule has 1 aliphatic carbocycles. The Morgan fingerprint density at radius 2 is 1.80 bits per heavy atom. The molecule has 3 rings (SSSR count). The highest BCUT2D eigenvalue weighted by Gasteiger charge is 2.19. The van der Waals surface area contributed by atoms with Crippen molar-refractivity contribution in [2.45, 2.75) is 39.3 Å². The van der Waals surface area contributed by atoms with Gasteiger partial charge in [0.25, 0.3) is 0 Å². The van der Waals surface area contributed by atoms with Crippen LogP contribution in [0.15, 0.2) is 42.5 Å². The van der Waals surface area contributed by atoms with Crippen molar-refractivity contribution in [2.24, 2.45) is 0 Å². The number of benzene rings is 2. The van der Waals surface area contributed by atoms with E-state index in [-0.39, 0.29) is 0 Å². The maximum atomic E-state index is 5.94. The van der Waals surface area contributed by atoms with Crippen LogP contribution in [-0.4, -0.2) is 6.04 Å². The van der Waals surface area contributed by atoms with E-state index in [1.807, 2.05) is 12.1 Å². The van der Waals surface area contributed by atoms with Crippen molar-refractivity contribution in [2.75, 3.05) is 0 Å². The van der Waals surface area contributed by atoms with Crippen molar-refractivity contribution < 1.29 is 4.74 Å². The number of hydrogen-bond donors (Lipinski definition) is 1. The standard InChI is InChI=1S/C18H21NO/c1-13-3-8-17(9-4-13)20-18-10-5-15(11-14(18)2)12-19-16-6-7-16/h3-5,8-11,16,19H,6-7,12H2,1-2H3. The molecule has 0 aliphatic heterocycles. The zero-order valence-corrected chi connectivity index (χ0v) is 12.1. The molecule has 1 fully saturated rings. The van der Waals surface area contributed by atoms with Gasteiger partial charge in [-0.25, -0.2) is 0 Å². The summed E-state index contributed by atoms with van der Waals surface area (Å²) in [7, 11) is 0. The van der Waals surface area contributed by atoms with Crippen LogP contribution in [0.3, 0.4) is 0 Å². The SMILES string of the molecule is Cc1ccc(Oc2ccc(CNC3CC3)cc2C)cc1. The number of aryl methyl sites for hydroxylation is 2. The Hall–Kier alpha value is -1.80. The lowest BCUT2D eigenvalue weighted by Gasteiger charge is -2.11. The van der Waals surface area contributed by atoms with Crippen LogP contribution in [0.5, 0.6) is 11.5 Å². The lowest BCUT2D eigenvalue weighted by Crippen LogP contribution is -2.15. The summed E-state index contributed by atoms with van der Waals surface area (Å²) in [6.07, 6.45) is 2.65. The Bertz CT molecular complexity index is 585. The summed E-state index contributed by atoms with van der Waals surface area (Å²) in [5.74, 6) is 1.83. The zero-order valence-electron chi connectivity index (χ0n) is 12.1. The number of hydrogen-bond acceptors (Lipinski definition) is 2. The minimum absolute atomic E-state index is 0.749. The van der Waals surface area contributed by atoms with Gasteiger partial charge in [0.1, 0.15) is 11.5 Å². The average Bonchev–Trinajstić information content (AvgIpc) is 3.26. The average molecular weight is 267 g/mol. The van der Waals surface area contributed by atoms with E-state index >= 15 is 0 Å². The highest BCUT2D eigenvalue weighted by molar-refractivity contribution is 5.40. The molecule has 0 spiro atoms. The summed E-state index contributed by atoms with van der Waals surface area (Å²) in [5.41, 5.74) is 3.75. The van der Waals surface area contributed by atoms with E-state index in [1.165, 1.54) is 29.5 Å². The molecule has 0 atom stereocenters. The Kier molecular flexibility index (Phi) is 3.75. The predicted octanol–water partition coefficient (Wildman–Crippen LogP) is 4.35. The molecule has 2 aromatic carbocycles. The fourth-order valence-corrected chi connectivity index (χ4v) is 2.22. The Labute approximate surface area is 120 Å². The summed E-state index contributed by atoms with van der Waals surface area (Å²) >= 11 is 0. The van der Waals surface area contributed by atoms with E-state index < -0.39 is 0 Å². The normalized spacial score (nSPS) is 14.3. The van der Waals surface area contributed by atoms with Gasteiger partial charge < -0.3 is 10.1 Å². The first kappa shape index (κ1) is 13.2. The lowest BCUT2D eigenvalue weighted by atomic mass is 10.1. The number of ether oxygens (including phenoxy) is 1. The molecule has 2 aromatic rings. The van der Waals surface area contributed by atoms with Gasteiger partial charge in [0.05, 0.1) is 0 Å². The van der Waals surface area contributed by atoms with Gasteiger partial charge in [-0.15, -0.1) is 0 Å². The van der Waals surface area contributed by atoms with Crippen LogP contribution in [0.25, 0.3) is 0 Å². The molecular formula is C18H21NO. The first-order chi connectivity index (χ1) is 9.70. The first-order valence-electron chi connectivity index (χ1n) is 7.28. The largest absolute Gasteiger partial charge is 0.457 e. The summed E-state index contributed by atoms with van der Waals surface area (Å²) < 4.78 is 5.94. The second kappa shape index (κ2) is 5.68. The topological polar surface area (TPSA) is 21.3 Å². The van der Waals surface area contributed by atoms with Crippen LogP contribution >= 0.6 is 0 Å². The molecule has 0 heterocycles. The minimum Gasteiger partial charge on any atom is -0.457 e. The molecule has 0 unspecified atom stereocenters. The number of nitrogens with one attached hydrogen (secondary N) is 1. The molecule has 1 saturated carbocycles. The second-order valence-electron chi connectivity index (χ2n) is 5.67. The molecule has 1 N–H and O–H groups in total. The van der Waals surface area contributed by atoms with Crippen LogP contribution in [0.4, 0.5) is 0 Å². The maximum absolute atomic E-state index is 5.94. The van der Waals surface area contributed by atoms with Crippen molar-refractivity contribution in [3.8, 4) is 11.5 Å². The molecule has 20 heavy (non-hydrogen) atoms. The quantitative estimate of drug-likeness (QED) is 0.869. The molecule has 0 radical (unpaired) electrons. The molecule has 1 aliphatic rings. The lowest BCUT2D eigenvalue weighted by molar-refractivity contribution is 0.478. The maximum Gasteiger partial charge on any atom is 0.130 e. The summed E-state index contributed by atoms with van der Waals surface area (Å²) in [4.78, 5) is 0. The fourth-order valence-electron chi connectivity index (χ4n) is 2.22. The van der Waals surface area contributed by atoms with Crippen LogP contribution in [0.1, 0.15) is 29.5 Å². The molecule has 104 valence electrons. The molecule has 0 bridgehead atoms. The summed E-state index contributed by atoms with van der Waals surface area (Å²) in [6.45, 7) is 5.14. The summed E-state index contributed by atoms with van der Waals surface area (Å²) in [5, 5.41) is 3.53. The van der Waals surface area contributed by atoms with Crippen LogP contribution in [0.2, 0.25) is 0 Å². The van der Waals surface area contributed by atoms with Gasteiger partial charge >= 0.3 is 0 Å². The van der Waals surface area contributed by atoms with Crippen LogP contribution in [0, 0.1) is 13.8 Å². The monoisotopic (exact) mass is 267 g/mol. The van der Waals surface area contributed by atoms with Crippen molar-refractivity contribution >= 4 is 0 Å². The van der Waals surface area contributed by atoms with E-state index in [0.717, 1.165) is 24.1 Å². The van der Waals surface area contributed by atoms with Crippen molar-refractivity contribution in [1.29, 1.82) is 0 Å². The second-order valence-corrected chi connectivity index (χ2v) is 5.67. The van der Waals surface area contributed by atoms with Gasteiger partial charge in [0, 0.05) is 12.6 Å². The Morgan fingerprint density at radius 1 is 1.05 bits per heavy atom. The van der Waals surface area contributed by atoms with Gasteiger partial charge in [-0.3, -0.25) is 0 Å². The van der Waals surface area contributed by atoms with E-state index in [4.69, 9.17) is 4.74 Å². The smallest absolute Gasteiger partial charge is 0.130 e. The van der Waals surface area contributed by atoms with Crippen molar-refractivity contribution in [3.63, 3.8) is 0 Å². The number of rotatable bonds is 5. The van der Waals surface area contributed by atoms with Crippen LogP contribution < -0.4 is 10.1 Å². The zero-order chi connectivity index (χ0) is 13.9. The van der Waals surface area contributed by atoms with E-state index in [1.54, 1.807) is 0 Å². The van der Waals surface area contributed by atoms with E-state index in [0.29, 0.717) is 0 Å². The van der Waals surface area contributed by atoms with Gasteiger partial charge in [-0.05, 0) is 56.0 Å². The van der Waals surface area contributed by atoms with E-state index in [9.17, 15) is 0 Å². The summed E-state index contributed by atoms with van der Waals surface area (Å²) in [6, 6.07) is 15.3. The first-order valence-corrected chi connectivity index (χ1v) is 7.28. The fraction of sp³-hybridized carbons (Fsp3) is 0.333. The van der Waals surface area contributed by atoms with Gasteiger partial charge in [0.15, 0.2) is 0 Å². The van der Waals surface area contributed by atoms with Gasteiger partial charge in [-0.2, -0.15) is 0 Å². The third-order valence-corrected chi connectivity index (χ3v) is 3.66. The minimum atomic E-state index is 0.749. The highest BCUT2D eigenvalue weighted by atomic mass is 16.5. The van der Waals surface area contributed by atoms with E-state index in [2.05, 4.69) is 49.5 Å². The molecule has 0 aromatic heterocycles. The van der Waals surface area contributed by atoms with Crippen LogP contribution in [-0.2, 0) is 6.54 Å². The molecule has 0 amide bonds.